The SMILES string of the molecule is CC(C)(C)OC(=O)Nc1cc(OCC#N)c(-c2ccc(F)cc2)cc1NC(=O)CC(=O)c1cccc(-n2ccnc2)c1. The minimum Gasteiger partial charge on any atom is -0.478 e. The van der Waals surface area contributed by atoms with Gasteiger partial charge in [0.05, 0.1) is 24.1 Å². The predicted molar refractivity (Wildman–Crippen MR) is 154 cm³/mol. The highest BCUT2D eigenvalue weighted by atomic mass is 19.1. The Kier molecular flexibility index (Phi) is 8.97. The molecule has 42 heavy (non-hydrogen) atoms. The third-order valence-electron chi connectivity index (χ3n) is 5.77. The van der Waals surface area contributed by atoms with Crippen LogP contribution in [0.4, 0.5) is 20.6 Å². The van der Waals surface area contributed by atoms with Gasteiger partial charge >= 0.3 is 6.09 Å². The summed E-state index contributed by atoms with van der Waals surface area (Å²) in [6.07, 6.45) is 3.65. The van der Waals surface area contributed by atoms with E-state index in [0.29, 0.717) is 22.4 Å². The van der Waals surface area contributed by atoms with Gasteiger partial charge in [-0.3, -0.25) is 14.9 Å². The maximum absolute atomic E-state index is 13.6. The van der Waals surface area contributed by atoms with Gasteiger partial charge in [-0.25, -0.2) is 14.2 Å². The van der Waals surface area contributed by atoms with Gasteiger partial charge in [0, 0.05) is 35.3 Å². The summed E-state index contributed by atoms with van der Waals surface area (Å²) < 4.78 is 26.3. The molecule has 0 fully saturated rings. The molecule has 2 amide bonds. The van der Waals surface area contributed by atoms with Gasteiger partial charge in [-0.15, -0.1) is 0 Å². The van der Waals surface area contributed by atoms with E-state index in [1.807, 2.05) is 6.07 Å². The lowest BCUT2D eigenvalue weighted by Gasteiger charge is -2.22. The molecule has 0 aliphatic rings. The summed E-state index contributed by atoms with van der Waals surface area (Å²) >= 11 is 0. The van der Waals surface area contributed by atoms with Gasteiger partial charge in [0.25, 0.3) is 0 Å². The van der Waals surface area contributed by atoms with E-state index in [1.165, 1.54) is 36.4 Å². The highest BCUT2D eigenvalue weighted by Crippen LogP contribution is 2.38. The van der Waals surface area contributed by atoms with Crippen molar-refractivity contribution in [1.29, 1.82) is 5.26 Å². The first kappa shape index (κ1) is 29.5. The lowest BCUT2D eigenvalue weighted by Crippen LogP contribution is -2.27. The molecule has 0 saturated heterocycles. The molecule has 214 valence electrons. The third-order valence-corrected chi connectivity index (χ3v) is 5.77. The smallest absolute Gasteiger partial charge is 0.412 e. The van der Waals surface area contributed by atoms with Crippen LogP contribution in [0.15, 0.2) is 79.4 Å². The minimum atomic E-state index is -0.806. The summed E-state index contributed by atoms with van der Waals surface area (Å²) in [7, 11) is 0. The first-order valence-electron chi connectivity index (χ1n) is 12.9. The van der Waals surface area contributed by atoms with Crippen molar-refractivity contribution in [2.24, 2.45) is 0 Å². The molecule has 0 aliphatic carbocycles. The molecule has 10 nitrogen and oxygen atoms in total. The molecule has 0 aliphatic heterocycles. The molecular weight excluding hydrogens is 541 g/mol. The number of hydrogen-bond acceptors (Lipinski definition) is 7. The number of amides is 2. The summed E-state index contributed by atoms with van der Waals surface area (Å²) in [5, 5.41) is 14.4. The Balaban J connectivity index is 1.65. The van der Waals surface area contributed by atoms with E-state index in [2.05, 4.69) is 15.6 Å². The molecule has 11 heteroatoms. The van der Waals surface area contributed by atoms with E-state index in [1.54, 1.807) is 68.3 Å². The van der Waals surface area contributed by atoms with Crippen LogP contribution in [0.25, 0.3) is 16.8 Å². The molecule has 2 N–H and O–H groups in total. The summed E-state index contributed by atoms with van der Waals surface area (Å²) in [5.41, 5.74) is 1.40. The summed E-state index contributed by atoms with van der Waals surface area (Å²) in [5.74, 6) is -1.33. The van der Waals surface area contributed by atoms with Gasteiger partial charge in [-0.1, -0.05) is 24.3 Å². The number of imidazole rings is 1. The number of aromatic nitrogens is 2. The molecule has 4 rings (SSSR count). The zero-order valence-electron chi connectivity index (χ0n) is 23.2. The van der Waals surface area contributed by atoms with Crippen LogP contribution in [0, 0.1) is 17.1 Å². The maximum Gasteiger partial charge on any atom is 0.412 e. The summed E-state index contributed by atoms with van der Waals surface area (Å²) in [6.45, 7) is 4.78. The van der Waals surface area contributed by atoms with E-state index in [0.717, 1.165) is 0 Å². The molecule has 0 atom stereocenters. The van der Waals surface area contributed by atoms with E-state index >= 15 is 0 Å². The molecule has 1 aromatic heterocycles. The topological polar surface area (TPSA) is 135 Å². The Morgan fingerprint density at radius 2 is 1.76 bits per heavy atom. The molecule has 0 bridgehead atoms. The van der Waals surface area contributed by atoms with Gasteiger partial charge in [0.15, 0.2) is 12.4 Å². The second kappa shape index (κ2) is 12.8. The first-order chi connectivity index (χ1) is 20.0. The number of rotatable bonds is 9. The zero-order valence-corrected chi connectivity index (χ0v) is 23.2. The molecule has 0 radical (unpaired) electrons. The molecule has 3 aromatic carbocycles. The van der Waals surface area contributed by atoms with Crippen molar-refractivity contribution in [3.05, 3.63) is 90.8 Å². The Labute approximate surface area is 241 Å². The monoisotopic (exact) mass is 569 g/mol. The molecule has 0 saturated carbocycles. The molecular formula is C31H28FN5O5. The second-order valence-electron chi connectivity index (χ2n) is 10.1. The number of nitrogens with zero attached hydrogens (tertiary/aromatic N) is 3. The van der Waals surface area contributed by atoms with E-state index in [-0.39, 0.29) is 23.7 Å². The number of halogens is 1. The van der Waals surface area contributed by atoms with Gasteiger partial charge in [-0.2, -0.15) is 5.26 Å². The fourth-order valence-corrected chi connectivity index (χ4v) is 3.98. The average Bonchev–Trinajstić information content (AvgIpc) is 3.48. The number of nitrogens with one attached hydrogen (secondary N) is 2. The molecule has 0 spiro atoms. The molecule has 0 unspecified atom stereocenters. The van der Waals surface area contributed by atoms with Crippen LogP contribution >= 0.6 is 0 Å². The molecule has 1 heterocycles. The highest BCUT2D eigenvalue weighted by Gasteiger charge is 2.21. The maximum atomic E-state index is 13.6. The normalized spacial score (nSPS) is 10.8. The fraction of sp³-hybridized carbons (Fsp3) is 0.194. The Hall–Kier alpha value is -5.50. The predicted octanol–water partition coefficient (Wildman–Crippen LogP) is 6.14. The van der Waals surface area contributed by atoms with Gasteiger partial charge in [0.2, 0.25) is 5.91 Å². The quantitative estimate of drug-likeness (QED) is 0.183. The van der Waals surface area contributed by atoms with Crippen molar-refractivity contribution >= 4 is 29.2 Å². The number of ether oxygens (including phenoxy) is 2. The van der Waals surface area contributed by atoms with Crippen LogP contribution in [-0.4, -0.2) is 39.5 Å². The van der Waals surface area contributed by atoms with Crippen molar-refractivity contribution in [2.75, 3.05) is 17.2 Å². The largest absolute Gasteiger partial charge is 0.478 e. The van der Waals surface area contributed by atoms with E-state index in [4.69, 9.17) is 14.7 Å². The number of ketones is 1. The summed E-state index contributed by atoms with van der Waals surface area (Å²) in [6, 6.07) is 17.1. The van der Waals surface area contributed by atoms with Crippen molar-refractivity contribution in [1.82, 2.24) is 9.55 Å². The van der Waals surface area contributed by atoms with Gasteiger partial charge < -0.3 is 19.4 Å². The Morgan fingerprint density at radius 3 is 2.43 bits per heavy atom. The van der Waals surface area contributed by atoms with Gasteiger partial charge in [-0.05, 0) is 56.7 Å². The fourth-order valence-electron chi connectivity index (χ4n) is 3.98. The highest BCUT2D eigenvalue weighted by molar-refractivity contribution is 6.12. The second-order valence-corrected chi connectivity index (χ2v) is 10.1. The molecule has 4 aromatic rings. The lowest BCUT2D eigenvalue weighted by molar-refractivity contribution is -0.115. The number of carbonyl (C=O) groups excluding carboxylic acids is 3. The van der Waals surface area contributed by atoms with Crippen molar-refractivity contribution < 1.29 is 28.2 Å². The third kappa shape index (κ3) is 7.79. The Morgan fingerprint density at radius 1 is 1.02 bits per heavy atom. The number of Topliss-reactive ketones (excluding diaryl/α,β-unsaturated/α-hetero) is 1. The van der Waals surface area contributed by atoms with Crippen LogP contribution in [0.5, 0.6) is 5.75 Å². The standard InChI is InChI=1S/C31H28FN5O5/c1-31(2,3)42-30(40)36-26-17-28(41-14-11-33)24(20-7-9-22(32)10-8-20)16-25(26)35-29(39)18-27(38)21-5-4-6-23(15-21)37-13-12-34-19-37/h4-10,12-13,15-17,19H,14,18H2,1-3H3,(H,35,39)(H,36,40). The van der Waals surface area contributed by atoms with Gasteiger partial charge in [0.1, 0.15) is 23.2 Å². The van der Waals surface area contributed by atoms with Crippen molar-refractivity contribution in [3.63, 3.8) is 0 Å². The van der Waals surface area contributed by atoms with Crippen LogP contribution in [0.3, 0.4) is 0 Å². The average molecular weight is 570 g/mol. The number of carbonyl (C=O) groups is 3. The number of benzene rings is 3. The zero-order chi connectivity index (χ0) is 30.3. The van der Waals surface area contributed by atoms with Crippen LogP contribution < -0.4 is 15.4 Å². The van der Waals surface area contributed by atoms with Crippen molar-refractivity contribution in [2.45, 2.75) is 32.8 Å². The Bertz CT molecular complexity index is 1640. The first-order valence-corrected chi connectivity index (χ1v) is 12.9. The lowest BCUT2D eigenvalue weighted by atomic mass is 10.0. The number of anilines is 2. The summed E-state index contributed by atoms with van der Waals surface area (Å²) in [4.78, 5) is 42.8. The van der Waals surface area contributed by atoms with Crippen LogP contribution in [0.2, 0.25) is 0 Å². The van der Waals surface area contributed by atoms with Crippen LogP contribution in [-0.2, 0) is 9.53 Å². The number of hydrogen-bond donors (Lipinski definition) is 2. The number of nitriles is 1. The van der Waals surface area contributed by atoms with E-state index in [9.17, 15) is 18.8 Å². The minimum absolute atomic E-state index is 0.103. The van der Waals surface area contributed by atoms with Crippen molar-refractivity contribution in [3.8, 4) is 28.6 Å². The van der Waals surface area contributed by atoms with Crippen LogP contribution in [0.1, 0.15) is 37.6 Å². The van der Waals surface area contributed by atoms with E-state index < -0.39 is 35.6 Å².